The van der Waals surface area contributed by atoms with Crippen LogP contribution in [0.15, 0.2) is 48.7 Å². The molecule has 4 rings (SSSR count). The van der Waals surface area contributed by atoms with E-state index in [1.165, 1.54) is 6.07 Å². The van der Waals surface area contributed by atoms with E-state index in [1.807, 2.05) is 26.8 Å². The summed E-state index contributed by atoms with van der Waals surface area (Å²) in [6.45, 7) is 9.07. The minimum atomic E-state index is -0.434. The van der Waals surface area contributed by atoms with Gasteiger partial charge in [0.05, 0.1) is 10.5 Å². The van der Waals surface area contributed by atoms with Crippen LogP contribution in [0, 0.1) is 5.82 Å². The molecule has 34 heavy (non-hydrogen) atoms. The lowest BCUT2D eigenvalue weighted by Gasteiger charge is -2.33. The molecule has 0 N–H and O–H groups in total. The van der Waals surface area contributed by atoms with E-state index in [0.29, 0.717) is 33.5 Å². The van der Waals surface area contributed by atoms with Crippen LogP contribution >= 0.6 is 11.6 Å². The first-order valence-electron chi connectivity index (χ1n) is 11.0. The third-order valence-corrected chi connectivity index (χ3v) is 5.61. The number of nitrogens with zero attached hydrogens (tertiary/aromatic N) is 3. The van der Waals surface area contributed by atoms with Gasteiger partial charge in [0, 0.05) is 48.9 Å². The van der Waals surface area contributed by atoms with Crippen molar-refractivity contribution in [3.05, 3.63) is 65.1 Å². The van der Waals surface area contributed by atoms with Gasteiger partial charge in [0.25, 0.3) is 0 Å². The third kappa shape index (κ3) is 6.74. The Labute approximate surface area is 204 Å². The highest BCUT2D eigenvalue weighted by atomic mass is 35.5. The number of hydrogen-bond acceptors (Lipinski definition) is 5. The molecule has 2 heterocycles. The number of halogens is 2. The summed E-state index contributed by atoms with van der Waals surface area (Å²) in [5.41, 5.74) is 1.75. The highest BCUT2D eigenvalue weighted by molar-refractivity contribution is 6.35. The van der Waals surface area contributed by atoms with Crippen molar-refractivity contribution in [3.8, 4) is 11.1 Å². The van der Waals surface area contributed by atoms with E-state index in [2.05, 4.69) is 16.9 Å². The molecule has 0 saturated carbocycles. The van der Waals surface area contributed by atoms with E-state index in [-0.39, 0.29) is 11.7 Å². The maximum absolute atomic E-state index is 14.0. The van der Waals surface area contributed by atoms with Crippen LogP contribution < -0.4 is 0 Å². The minimum Gasteiger partial charge on any atom is -0.444 e. The highest BCUT2D eigenvalue weighted by Gasteiger charge is 2.24. The van der Waals surface area contributed by atoms with E-state index in [1.54, 1.807) is 41.4 Å². The van der Waals surface area contributed by atoms with E-state index in [9.17, 15) is 14.0 Å². The molecule has 1 saturated heterocycles. The van der Waals surface area contributed by atoms with Gasteiger partial charge in [-0.3, -0.25) is 9.78 Å². The molecule has 0 bridgehead atoms. The zero-order valence-corrected chi connectivity index (χ0v) is 20.6. The number of rotatable bonds is 2. The number of fused-ring (bicyclic) bond motifs is 1. The van der Waals surface area contributed by atoms with Crippen LogP contribution in [0.5, 0.6) is 0 Å². The van der Waals surface area contributed by atoms with Crippen molar-refractivity contribution in [1.29, 1.82) is 0 Å². The first-order valence-corrected chi connectivity index (χ1v) is 11.4. The fourth-order valence-electron chi connectivity index (χ4n) is 3.44. The number of hydrogen-bond donors (Lipinski definition) is 0. The lowest BCUT2D eigenvalue weighted by molar-refractivity contribution is 0.0164. The Morgan fingerprint density at radius 2 is 1.79 bits per heavy atom. The van der Waals surface area contributed by atoms with Crippen molar-refractivity contribution in [2.45, 2.75) is 26.4 Å². The zero-order chi connectivity index (χ0) is 24.9. The Bertz CT molecular complexity index is 1170. The Balaban J connectivity index is 0.000000204. The standard InChI is InChI=1S/C16H9ClFNO.C10H20N2O2/c17-14-5-6-19-16-8-11(2-4-13(14)16)12-3-1-10(9-20)7-15(12)18;1-10(2,3)14-9(13)12-7-5-11(4)6-8-12/h1-9H;5-8H2,1-4H3. The lowest BCUT2D eigenvalue weighted by atomic mass is 10.0. The monoisotopic (exact) mass is 485 g/mol. The summed E-state index contributed by atoms with van der Waals surface area (Å²) < 4.78 is 19.3. The molecule has 0 aliphatic carbocycles. The largest absolute Gasteiger partial charge is 0.444 e. The van der Waals surface area contributed by atoms with Gasteiger partial charge >= 0.3 is 6.09 Å². The summed E-state index contributed by atoms with van der Waals surface area (Å²) in [4.78, 5) is 30.4. The Morgan fingerprint density at radius 3 is 2.41 bits per heavy atom. The van der Waals surface area contributed by atoms with Crippen molar-refractivity contribution in [1.82, 2.24) is 14.8 Å². The number of ether oxygens (including phenoxy) is 1. The molecule has 0 atom stereocenters. The average molecular weight is 486 g/mol. The molecule has 1 amide bonds. The second-order valence-corrected chi connectivity index (χ2v) is 9.56. The zero-order valence-electron chi connectivity index (χ0n) is 19.8. The molecule has 1 fully saturated rings. The molecular weight excluding hydrogens is 457 g/mol. The molecule has 8 heteroatoms. The molecule has 6 nitrogen and oxygen atoms in total. The van der Waals surface area contributed by atoms with Gasteiger partial charge < -0.3 is 14.5 Å². The summed E-state index contributed by atoms with van der Waals surface area (Å²) in [5, 5.41) is 1.43. The van der Waals surface area contributed by atoms with Crippen LogP contribution in [0.4, 0.5) is 9.18 Å². The predicted molar refractivity (Wildman–Crippen MR) is 133 cm³/mol. The Morgan fingerprint density at radius 1 is 1.09 bits per heavy atom. The van der Waals surface area contributed by atoms with Gasteiger partial charge in [0.15, 0.2) is 0 Å². The van der Waals surface area contributed by atoms with Crippen LogP contribution in [-0.2, 0) is 4.74 Å². The number of likely N-dealkylation sites (N-methyl/N-ethyl adjacent to an activating group) is 1. The number of aromatic nitrogens is 1. The predicted octanol–water partition coefficient (Wildman–Crippen LogP) is 5.68. The molecule has 1 aromatic heterocycles. The Kier molecular flexibility index (Phi) is 8.23. The van der Waals surface area contributed by atoms with Crippen LogP contribution in [0.25, 0.3) is 22.0 Å². The van der Waals surface area contributed by atoms with Gasteiger partial charge in [-0.25, -0.2) is 9.18 Å². The number of pyridine rings is 1. The third-order valence-electron chi connectivity index (χ3n) is 5.28. The molecule has 1 aliphatic rings. The van der Waals surface area contributed by atoms with Crippen molar-refractivity contribution in [2.75, 3.05) is 33.2 Å². The van der Waals surface area contributed by atoms with Crippen LogP contribution in [0.3, 0.4) is 0 Å². The van der Waals surface area contributed by atoms with Crippen LogP contribution in [0.1, 0.15) is 31.1 Å². The van der Waals surface area contributed by atoms with Crippen LogP contribution in [0.2, 0.25) is 5.02 Å². The summed E-state index contributed by atoms with van der Waals surface area (Å²) in [5.74, 6) is -0.434. The first-order chi connectivity index (χ1) is 16.1. The van der Waals surface area contributed by atoms with Gasteiger partial charge in [-0.15, -0.1) is 0 Å². The quantitative estimate of drug-likeness (QED) is 0.437. The average Bonchev–Trinajstić information content (AvgIpc) is 2.78. The Hall–Kier alpha value is -3.03. The number of piperazine rings is 1. The summed E-state index contributed by atoms with van der Waals surface area (Å²) in [7, 11) is 2.06. The first kappa shape index (κ1) is 25.6. The number of benzene rings is 2. The molecule has 3 aromatic rings. The molecule has 0 unspecified atom stereocenters. The maximum atomic E-state index is 14.0. The smallest absolute Gasteiger partial charge is 0.410 e. The number of amides is 1. The highest BCUT2D eigenvalue weighted by Crippen LogP contribution is 2.29. The lowest BCUT2D eigenvalue weighted by Crippen LogP contribution is -2.48. The van der Waals surface area contributed by atoms with Gasteiger partial charge in [0.1, 0.15) is 17.7 Å². The fraction of sp³-hybridized carbons (Fsp3) is 0.346. The van der Waals surface area contributed by atoms with Crippen molar-refractivity contribution in [2.24, 2.45) is 0 Å². The van der Waals surface area contributed by atoms with Gasteiger partial charge in [-0.05, 0) is 51.6 Å². The second-order valence-electron chi connectivity index (χ2n) is 9.15. The molecule has 1 aliphatic heterocycles. The number of aldehydes is 1. The molecule has 2 aromatic carbocycles. The van der Waals surface area contributed by atoms with E-state index < -0.39 is 5.82 Å². The van der Waals surface area contributed by atoms with Crippen molar-refractivity contribution < 1.29 is 18.7 Å². The SMILES string of the molecule is CN1CCN(C(=O)OC(C)(C)C)CC1.O=Cc1ccc(-c2ccc3c(Cl)ccnc3c2)c(F)c1. The molecule has 0 spiro atoms. The topological polar surface area (TPSA) is 62.7 Å². The summed E-state index contributed by atoms with van der Waals surface area (Å²) >= 11 is 6.07. The fourth-order valence-corrected chi connectivity index (χ4v) is 3.65. The maximum Gasteiger partial charge on any atom is 0.410 e. The van der Waals surface area contributed by atoms with Gasteiger partial charge in [-0.2, -0.15) is 0 Å². The molecule has 0 radical (unpaired) electrons. The summed E-state index contributed by atoms with van der Waals surface area (Å²) in [6, 6.07) is 11.5. The van der Waals surface area contributed by atoms with E-state index >= 15 is 0 Å². The van der Waals surface area contributed by atoms with Gasteiger partial charge in [0.2, 0.25) is 0 Å². The van der Waals surface area contributed by atoms with Crippen molar-refractivity contribution in [3.63, 3.8) is 0 Å². The van der Waals surface area contributed by atoms with Crippen molar-refractivity contribution >= 4 is 34.9 Å². The molecule has 180 valence electrons. The normalized spacial score (nSPS) is 14.4. The van der Waals surface area contributed by atoms with E-state index in [0.717, 1.165) is 31.6 Å². The minimum absolute atomic E-state index is 0.189. The second kappa shape index (κ2) is 10.9. The van der Waals surface area contributed by atoms with Crippen LogP contribution in [-0.4, -0.2) is 66.0 Å². The van der Waals surface area contributed by atoms with Gasteiger partial charge in [-0.1, -0.05) is 35.9 Å². The molecular formula is C26H29ClFN3O3. The number of carbonyl (C=O) groups excluding carboxylic acids is 2. The van der Waals surface area contributed by atoms with E-state index in [4.69, 9.17) is 16.3 Å². The summed E-state index contributed by atoms with van der Waals surface area (Å²) in [6.07, 6.45) is 2.04. The number of carbonyl (C=O) groups is 2.